The molecule has 2 saturated heterocycles. The first-order valence-electron chi connectivity index (χ1n) is 12.4. The number of anilines is 3. The highest BCUT2D eigenvalue weighted by Crippen LogP contribution is 2.32. The number of benzene rings is 1. The largest absolute Gasteiger partial charge is 0.352 e. The third kappa shape index (κ3) is 4.52. The first kappa shape index (κ1) is 23.5. The van der Waals surface area contributed by atoms with Gasteiger partial charge in [-0.3, -0.25) is 4.90 Å². The molecule has 3 aliphatic rings. The zero-order chi connectivity index (χ0) is 25.0. The maximum atomic E-state index is 11.7. The maximum absolute atomic E-state index is 11.7. The number of likely N-dealkylation sites (N-methyl/N-ethyl adjacent to an activating group) is 1. The van der Waals surface area contributed by atoms with Gasteiger partial charge in [0, 0.05) is 81.4 Å². The zero-order valence-electron chi connectivity index (χ0n) is 21.0. The van der Waals surface area contributed by atoms with E-state index in [4.69, 9.17) is 9.97 Å². The second kappa shape index (κ2) is 8.91. The van der Waals surface area contributed by atoms with Gasteiger partial charge in [-0.2, -0.15) is 4.31 Å². The summed E-state index contributed by atoms with van der Waals surface area (Å²) in [4.78, 5) is 21.3. The van der Waals surface area contributed by atoms with Crippen LogP contribution in [0.2, 0.25) is 0 Å². The highest BCUT2D eigenvalue weighted by molar-refractivity contribution is 7.88. The van der Waals surface area contributed by atoms with Gasteiger partial charge in [-0.15, -0.1) is 0 Å². The molecule has 0 bridgehead atoms. The van der Waals surface area contributed by atoms with Crippen LogP contribution < -0.4 is 10.2 Å². The summed E-state index contributed by atoms with van der Waals surface area (Å²) in [6, 6.07) is 8.68. The number of sulfonamides is 1. The van der Waals surface area contributed by atoms with E-state index in [1.807, 2.05) is 19.2 Å². The van der Waals surface area contributed by atoms with E-state index in [9.17, 15) is 8.42 Å². The Bertz CT molecular complexity index is 1420. The van der Waals surface area contributed by atoms with Crippen LogP contribution in [0.5, 0.6) is 0 Å². The summed E-state index contributed by atoms with van der Waals surface area (Å²) in [6.07, 6.45) is 3.15. The SMILES string of the molecule is Cc1cc2cnc(Nc3ccc4c(c3)CN(C3CN(S(C)(=O)=O)C3)C4)nc2c(N2CCN(C)CC2)n1. The lowest BCUT2D eigenvalue weighted by molar-refractivity contribution is 0.0865. The van der Waals surface area contributed by atoms with Crippen LogP contribution in [0.15, 0.2) is 30.5 Å². The molecule has 3 aromatic rings. The van der Waals surface area contributed by atoms with E-state index in [-0.39, 0.29) is 6.04 Å². The van der Waals surface area contributed by atoms with Crippen molar-refractivity contribution in [2.75, 3.05) is 62.8 Å². The molecule has 2 fully saturated rings. The predicted octanol–water partition coefficient (Wildman–Crippen LogP) is 1.79. The van der Waals surface area contributed by atoms with Gasteiger partial charge in [0.25, 0.3) is 0 Å². The smallest absolute Gasteiger partial charge is 0.227 e. The Morgan fingerprint density at radius 1 is 1.00 bits per heavy atom. The molecule has 10 nitrogen and oxygen atoms in total. The van der Waals surface area contributed by atoms with Crippen LogP contribution in [0.25, 0.3) is 10.9 Å². The van der Waals surface area contributed by atoms with E-state index in [0.717, 1.165) is 67.4 Å². The Kier molecular flexibility index (Phi) is 5.83. The minimum atomic E-state index is -3.10. The molecule has 190 valence electrons. The van der Waals surface area contributed by atoms with Gasteiger partial charge >= 0.3 is 0 Å². The van der Waals surface area contributed by atoms with Crippen molar-refractivity contribution in [3.05, 3.63) is 47.3 Å². The van der Waals surface area contributed by atoms with Crippen LogP contribution in [-0.4, -0.2) is 96.1 Å². The molecular weight excluding hydrogens is 476 g/mol. The molecule has 11 heteroatoms. The second-order valence-corrected chi connectivity index (χ2v) is 12.2. The minimum absolute atomic E-state index is 0.274. The van der Waals surface area contributed by atoms with Crippen molar-refractivity contribution in [1.29, 1.82) is 0 Å². The third-order valence-corrected chi connectivity index (χ3v) is 8.74. The monoisotopic (exact) mass is 508 g/mol. The Morgan fingerprint density at radius 3 is 2.50 bits per heavy atom. The molecule has 5 heterocycles. The molecule has 0 saturated carbocycles. The summed E-state index contributed by atoms with van der Waals surface area (Å²) >= 11 is 0. The molecule has 0 atom stereocenters. The van der Waals surface area contributed by atoms with E-state index < -0.39 is 10.0 Å². The van der Waals surface area contributed by atoms with E-state index in [2.05, 4.69) is 50.2 Å². The van der Waals surface area contributed by atoms with Gasteiger partial charge in [-0.05, 0) is 43.3 Å². The predicted molar refractivity (Wildman–Crippen MR) is 141 cm³/mol. The molecule has 0 unspecified atom stereocenters. The van der Waals surface area contributed by atoms with E-state index in [1.165, 1.54) is 21.7 Å². The van der Waals surface area contributed by atoms with Gasteiger partial charge in [0.2, 0.25) is 16.0 Å². The molecule has 0 spiro atoms. The van der Waals surface area contributed by atoms with E-state index in [0.29, 0.717) is 19.0 Å². The van der Waals surface area contributed by atoms with Gasteiger partial charge in [0.15, 0.2) is 5.82 Å². The van der Waals surface area contributed by atoms with Crippen LogP contribution in [0, 0.1) is 6.92 Å². The Labute approximate surface area is 212 Å². The molecule has 3 aliphatic heterocycles. The van der Waals surface area contributed by atoms with Gasteiger partial charge in [-0.25, -0.2) is 23.4 Å². The zero-order valence-corrected chi connectivity index (χ0v) is 21.8. The molecular formula is C25H32N8O2S. The lowest BCUT2D eigenvalue weighted by Crippen LogP contribution is -2.59. The number of hydrogen-bond donors (Lipinski definition) is 1. The van der Waals surface area contributed by atoms with Crippen molar-refractivity contribution in [2.24, 2.45) is 0 Å². The van der Waals surface area contributed by atoms with Crippen LogP contribution >= 0.6 is 0 Å². The van der Waals surface area contributed by atoms with Gasteiger partial charge < -0.3 is 15.1 Å². The fourth-order valence-electron chi connectivity index (χ4n) is 5.26. The number of aromatic nitrogens is 3. The number of nitrogens with zero attached hydrogens (tertiary/aromatic N) is 7. The lowest BCUT2D eigenvalue weighted by atomic mass is 10.1. The summed E-state index contributed by atoms with van der Waals surface area (Å²) in [5, 5.41) is 4.39. The summed E-state index contributed by atoms with van der Waals surface area (Å²) in [7, 11) is -0.947. The van der Waals surface area contributed by atoms with Gasteiger partial charge in [0.1, 0.15) is 5.52 Å². The summed E-state index contributed by atoms with van der Waals surface area (Å²) in [5.41, 5.74) is 5.33. The van der Waals surface area contributed by atoms with Gasteiger partial charge in [-0.1, -0.05) is 6.07 Å². The van der Waals surface area contributed by atoms with Crippen LogP contribution in [0.3, 0.4) is 0 Å². The van der Waals surface area contributed by atoms with Crippen LogP contribution in [-0.2, 0) is 23.1 Å². The Balaban J connectivity index is 1.20. The van der Waals surface area contributed by atoms with Crippen molar-refractivity contribution in [3.8, 4) is 0 Å². The van der Waals surface area contributed by atoms with Crippen LogP contribution in [0.1, 0.15) is 16.8 Å². The molecule has 1 aromatic carbocycles. The Hall–Kier alpha value is -2.86. The van der Waals surface area contributed by atoms with E-state index in [1.54, 1.807) is 0 Å². The highest BCUT2D eigenvalue weighted by Gasteiger charge is 2.38. The van der Waals surface area contributed by atoms with Crippen molar-refractivity contribution in [1.82, 2.24) is 29.1 Å². The molecule has 6 rings (SSSR count). The fourth-order valence-corrected chi connectivity index (χ4v) is 6.14. The van der Waals surface area contributed by atoms with Crippen molar-refractivity contribution >= 4 is 38.4 Å². The minimum Gasteiger partial charge on any atom is -0.352 e. The lowest BCUT2D eigenvalue weighted by Gasteiger charge is -2.42. The number of aryl methyl sites for hydroxylation is 1. The van der Waals surface area contributed by atoms with Crippen LogP contribution in [0.4, 0.5) is 17.5 Å². The molecule has 0 amide bonds. The topological polar surface area (TPSA) is 97.8 Å². The molecule has 1 N–H and O–H groups in total. The third-order valence-electron chi connectivity index (χ3n) is 7.50. The number of piperazine rings is 1. The fraction of sp³-hybridized carbons (Fsp3) is 0.480. The Morgan fingerprint density at radius 2 is 1.75 bits per heavy atom. The van der Waals surface area contributed by atoms with Crippen molar-refractivity contribution < 1.29 is 8.42 Å². The highest BCUT2D eigenvalue weighted by atomic mass is 32.2. The number of nitrogens with one attached hydrogen (secondary N) is 1. The summed E-state index contributed by atoms with van der Waals surface area (Å²) in [5.74, 6) is 1.48. The molecule has 0 radical (unpaired) electrons. The average molecular weight is 509 g/mol. The van der Waals surface area contributed by atoms with Crippen molar-refractivity contribution in [3.63, 3.8) is 0 Å². The maximum Gasteiger partial charge on any atom is 0.227 e. The summed E-state index contributed by atoms with van der Waals surface area (Å²) < 4.78 is 25.0. The molecule has 0 aliphatic carbocycles. The number of hydrogen-bond acceptors (Lipinski definition) is 9. The van der Waals surface area contributed by atoms with Crippen molar-refractivity contribution in [2.45, 2.75) is 26.1 Å². The average Bonchev–Trinajstić information content (AvgIpc) is 3.20. The molecule has 36 heavy (non-hydrogen) atoms. The first-order valence-corrected chi connectivity index (χ1v) is 14.2. The molecule has 2 aromatic heterocycles. The number of pyridine rings is 1. The van der Waals surface area contributed by atoms with Gasteiger partial charge in [0.05, 0.1) is 6.26 Å². The quantitative estimate of drug-likeness (QED) is 0.553. The number of rotatable bonds is 5. The number of fused-ring (bicyclic) bond motifs is 2. The summed E-state index contributed by atoms with van der Waals surface area (Å²) in [6.45, 7) is 8.71. The van der Waals surface area contributed by atoms with E-state index >= 15 is 0 Å². The first-order chi connectivity index (χ1) is 17.2. The second-order valence-electron chi connectivity index (χ2n) is 10.3. The standard InChI is InChI=1S/C25H32N8O2S/c1-17-10-19-12-26-25(29-23(19)24(27-17)31-8-6-30(2)7-9-31)28-21-5-4-18-13-32(14-20(18)11-21)22-15-33(16-22)36(3,34)35/h4-5,10-12,22H,6-9,13-16H2,1-3H3,(H,26,28,29). The normalized spacial score (nSPS) is 20.0.